The lowest BCUT2D eigenvalue weighted by atomic mass is 10.2. The van der Waals surface area contributed by atoms with Gasteiger partial charge >= 0.3 is 5.97 Å². The second-order valence-electron chi connectivity index (χ2n) is 3.10. The van der Waals surface area contributed by atoms with Crippen molar-refractivity contribution < 1.29 is 9.53 Å². The summed E-state index contributed by atoms with van der Waals surface area (Å²) in [5, 5.41) is 0. The van der Waals surface area contributed by atoms with E-state index in [0.29, 0.717) is 6.61 Å². The molecule has 0 amide bonds. The molecule has 76 valence electrons. The van der Waals surface area contributed by atoms with Gasteiger partial charge in [0.25, 0.3) is 0 Å². The summed E-state index contributed by atoms with van der Waals surface area (Å²) < 4.78 is 4.81. The van der Waals surface area contributed by atoms with E-state index in [9.17, 15) is 4.79 Å². The van der Waals surface area contributed by atoms with Crippen LogP contribution in [0.2, 0.25) is 0 Å². The third kappa shape index (κ3) is 11.2. The molecule has 2 nitrogen and oxygen atoms in total. The van der Waals surface area contributed by atoms with Gasteiger partial charge in [-0.15, -0.1) is 0 Å². The molecule has 0 aromatic carbocycles. The van der Waals surface area contributed by atoms with Crippen LogP contribution in [0.4, 0.5) is 0 Å². The van der Waals surface area contributed by atoms with Gasteiger partial charge in [-0.2, -0.15) is 0 Å². The maximum atomic E-state index is 10.4. The van der Waals surface area contributed by atoms with E-state index in [-0.39, 0.29) is 5.97 Å². The minimum Gasteiger partial charge on any atom is -0.466 e. The van der Waals surface area contributed by atoms with E-state index >= 15 is 0 Å². The minimum atomic E-state index is -0.179. The number of esters is 1. The maximum absolute atomic E-state index is 10.4. The van der Waals surface area contributed by atoms with Crippen LogP contribution in [0.1, 0.15) is 46.0 Å². The number of carbonyl (C=O) groups is 1. The second kappa shape index (κ2) is 9.30. The molecule has 0 heterocycles. The third-order valence-corrected chi connectivity index (χ3v) is 1.69. The number of ether oxygens (including phenoxy) is 1. The van der Waals surface area contributed by atoms with Crippen LogP contribution in [-0.4, -0.2) is 12.6 Å². The lowest BCUT2D eigenvalue weighted by molar-refractivity contribution is -0.141. The number of hydrogen-bond donors (Lipinski definition) is 0. The molecule has 13 heavy (non-hydrogen) atoms. The fourth-order valence-corrected chi connectivity index (χ4v) is 0.983. The summed E-state index contributed by atoms with van der Waals surface area (Å²) in [6.07, 6.45) is 9.97. The predicted molar refractivity (Wildman–Crippen MR) is 54.5 cm³/mol. The van der Waals surface area contributed by atoms with Crippen LogP contribution in [0.5, 0.6) is 0 Å². The summed E-state index contributed by atoms with van der Waals surface area (Å²) in [6.45, 7) is 4.18. The summed E-state index contributed by atoms with van der Waals surface area (Å²) in [5.74, 6) is -0.179. The first-order valence-electron chi connectivity index (χ1n) is 5.05. The molecule has 0 aliphatic rings. The van der Waals surface area contributed by atoms with Crippen molar-refractivity contribution >= 4 is 5.97 Å². The summed E-state index contributed by atoms with van der Waals surface area (Å²) in [7, 11) is 0. The Hall–Kier alpha value is -0.790. The Bertz CT molecular complexity index is 150. The molecular formula is C11H20O2. The normalized spacial score (nSPS) is 10.6. The van der Waals surface area contributed by atoms with E-state index < -0.39 is 0 Å². The highest BCUT2D eigenvalue weighted by molar-refractivity contribution is 5.65. The largest absolute Gasteiger partial charge is 0.466 e. The van der Waals surface area contributed by atoms with Gasteiger partial charge in [-0.3, -0.25) is 4.79 Å². The first-order chi connectivity index (χ1) is 6.27. The Labute approximate surface area is 81.0 Å². The molecule has 0 aliphatic heterocycles. The lowest BCUT2D eigenvalue weighted by Gasteiger charge is -1.99. The highest BCUT2D eigenvalue weighted by Gasteiger charge is 1.90. The fourth-order valence-electron chi connectivity index (χ4n) is 0.983. The minimum absolute atomic E-state index is 0.179. The molecule has 0 aromatic heterocycles. The average Bonchev–Trinajstić information content (AvgIpc) is 2.09. The summed E-state index contributed by atoms with van der Waals surface area (Å²) in [5.41, 5.74) is 0. The molecule has 0 atom stereocenters. The van der Waals surface area contributed by atoms with Crippen molar-refractivity contribution in [2.75, 3.05) is 6.61 Å². The van der Waals surface area contributed by atoms with E-state index in [0.717, 1.165) is 19.3 Å². The maximum Gasteiger partial charge on any atom is 0.302 e. The SMILES string of the molecule is CCC/C=C/CCCCOC(C)=O. The van der Waals surface area contributed by atoms with Crippen LogP contribution >= 0.6 is 0 Å². The molecule has 0 aliphatic carbocycles. The lowest BCUT2D eigenvalue weighted by Crippen LogP contribution is -1.99. The number of rotatable bonds is 7. The molecule has 0 fully saturated rings. The fraction of sp³-hybridized carbons (Fsp3) is 0.727. The van der Waals surface area contributed by atoms with Gasteiger partial charge in [0.2, 0.25) is 0 Å². The van der Waals surface area contributed by atoms with Crippen molar-refractivity contribution in [3.8, 4) is 0 Å². The number of allylic oxidation sites excluding steroid dienone is 2. The van der Waals surface area contributed by atoms with Gasteiger partial charge in [-0.1, -0.05) is 25.5 Å². The molecule has 0 bridgehead atoms. The molecule has 0 unspecified atom stereocenters. The number of hydrogen-bond acceptors (Lipinski definition) is 2. The van der Waals surface area contributed by atoms with Gasteiger partial charge in [0.05, 0.1) is 6.61 Å². The van der Waals surface area contributed by atoms with Gasteiger partial charge in [-0.25, -0.2) is 0 Å². The van der Waals surface area contributed by atoms with Crippen LogP contribution in [0.25, 0.3) is 0 Å². The van der Waals surface area contributed by atoms with Crippen molar-refractivity contribution in [1.29, 1.82) is 0 Å². The second-order valence-corrected chi connectivity index (χ2v) is 3.10. The first-order valence-corrected chi connectivity index (χ1v) is 5.05. The van der Waals surface area contributed by atoms with E-state index in [1.54, 1.807) is 0 Å². The van der Waals surface area contributed by atoms with Crippen LogP contribution in [-0.2, 0) is 9.53 Å². The molecule has 0 spiro atoms. The van der Waals surface area contributed by atoms with E-state index in [2.05, 4.69) is 19.1 Å². The van der Waals surface area contributed by atoms with Crippen molar-refractivity contribution in [3.63, 3.8) is 0 Å². The van der Waals surface area contributed by atoms with Crippen molar-refractivity contribution in [2.24, 2.45) is 0 Å². The predicted octanol–water partition coefficient (Wildman–Crippen LogP) is 3.08. The Morgan fingerprint density at radius 1 is 1.23 bits per heavy atom. The van der Waals surface area contributed by atoms with Crippen LogP contribution in [0, 0.1) is 0 Å². The Morgan fingerprint density at radius 3 is 2.54 bits per heavy atom. The van der Waals surface area contributed by atoms with Gasteiger partial charge in [0.15, 0.2) is 0 Å². The van der Waals surface area contributed by atoms with Crippen molar-refractivity contribution in [3.05, 3.63) is 12.2 Å². The van der Waals surface area contributed by atoms with E-state index in [1.807, 2.05) is 0 Å². The van der Waals surface area contributed by atoms with Crippen molar-refractivity contribution in [1.82, 2.24) is 0 Å². The zero-order valence-electron chi connectivity index (χ0n) is 8.71. The molecule has 0 radical (unpaired) electrons. The topological polar surface area (TPSA) is 26.3 Å². The molecule has 0 saturated carbocycles. The molecular weight excluding hydrogens is 164 g/mol. The Kier molecular flexibility index (Phi) is 8.73. The summed E-state index contributed by atoms with van der Waals surface area (Å²) in [4.78, 5) is 10.4. The average molecular weight is 184 g/mol. The molecule has 0 saturated heterocycles. The highest BCUT2D eigenvalue weighted by atomic mass is 16.5. The monoisotopic (exact) mass is 184 g/mol. The quantitative estimate of drug-likeness (QED) is 0.345. The molecule has 0 rings (SSSR count). The van der Waals surface area contributed by atoms with Gasteiger partial charge in [-0.05, 0) is 25.7 Å². The third-order valence-electron chi connectivity index (χ3n) is 1.69. The Balaban J connectivity index is 3.03. The van der Waals surface area contributed by atoms with E-state index in [1.165, 1.54) is 19.8 Å². The standard InChI is InChI=1S/C11H20O2/c1-3-4-5-6-7-8-9-10-13-11(2)12/h5-6H,3-4,7-10H2,1-2H3/b6-5+. The van der Waals surface area contributed by atoms with Crippen LogP contribution in [0.15, 0.2) is 12.2 Å². The molecule has 0 aromatic rings. The van der Waals surface area contributed by atoms with Crippen molar-refractivity contribution in [2.45, 2.75) is 46.0 Å². The van der Waals surface area contributed by atoms with Crippen LogP contribution < -0.4 is 0 Å². The summed E-state index contributed by atoms with van der Waals surface area (Å²) in [6, 6.07) is 0. The highest BCUT2D eigenvalue weighted by Crippen LogP contribution is 1.99. The smallest absolute Gasteiger partial charge is 0.302 e. The molecule has 2 heteroatoms. The van der Waals surface area contributed by atoms with Crippen LogP contribution in [0.3, 0.4) is 0 Å². The Morgan fingerprint density at radius 2 is 1.92 bits per heavy atom. The zero-order chi connectivity index (χ0) is 9.94. The first kappa shape index (κ1) is 12.2. The number of carbonyl (C=O) groups excluding carboxylic acids is 1. The van der Waals surface area contributed by atoms with Gasteiger partial charge < -0.3 is 4.74 Å². The van der Waals surface area contributed by atoms with Gasteiger partial charge in [0, 0.05) is 6.92 Å². The number of unbranched alkanes of at least 4 members (excludes halogenated alkanes) is 3. The van der Waals surface area contributed by atoms with Gasteiger partial charge in [0.1, 0.15) is 0 Å². The molecule has 0 N–H and O–H groups in total. The zero-order valence-corrected chi connectivity index (χ0v) is 8.71. The van der Waals surface area contributed by atoms with E-state index in [4.69, 9.17) is 4.74 Å². The summed E-state index contributed by atoms with van der Waals surface area (Å²) >= 11 is 0.